The number of aryl methyl sites for hydroxylation is 2. The first-order chi connectivity index (χ1) is 19.0. The Kier molecular flexibility index (Phi) is 7.06. The van der Waals surface area contributed by atoms with E-state index >= 15 is 0 Å². The molecule has 9 heteroatoms. The van der Waals surface area contributed by atoms with E-state index in [2.05, 4.69) is 31.2 Å². The molecule has 0 atom stereocenters. The van der Waals surface area contributed by atoms with Crippen molar-refractivity contribution in [2.75, 3.05) is 17.7 Å². The van der Waals surface area contributed by atoms with Gasteiger partial charge in [0.25, 0.3) is 5.91 Å². The van der Waals surface area contributed by atoms with Crippen molar-refractivity contribution in [2.45, 2.75) is 32.4 Å². The molecular formula is C30H27BrClN5O2. The van der Waals surface area contributed by atoms with Gasteiger partial charge in [-0.1, -0.05) is 39.7 Å². The van der Waals surface area contributed by atoms with Gasteiger partial charge in [0.15, 0.2) is 5.82 Å². The number of hydrogen-bond donors (Lipinski definition) is 2. The highest BCUT2D eigenvalue weighted by atomic mass is 79.9. The lowest BCUT2D eigenvalue weighted by Crippen LogP contribution is -2.17. The van der Waals surface area contributed by atoms with Crippen LogP contribution in [0.3, 0.4) is 0 Å². The van der Waals surface area contributed by atoms with Gasteiger partial charge in [-0.2, -0.15) is 5.10 Å². The summed E-state index contributed by atoms with van der Waals surface area (Å²) in [5, 5.41) is 12.2. The summed E-state index contributed by atoms with van der Waals surface area (Å²) in [6, 6.07) is 23.1. The topological polar surface area (TPSA) is 72.6 Å². The van der Waals surface area contributed by atoms with Crippen LogP contribution in [0.4, 0.5) is 11.4 Å². The number of methoxy groups -OCH3 is 1. The van der Waals surface area contributed by atoms with Gasteiger partial charge in [0.05, 0.1) is 13.7 Å². The number of nitrogens with zero attached hydrogens (tertiary/aromatic N) is 3. The molecule has 0 saturated carbocycles. The number of anilines is 2. The first kappa shape index (κ1) is 25.5. The molecule has 3 heterocycles. The van der Waals surface area contributed by atoms with Crippen LogP contribution in [-0.2, 0) is 19.5 Å². The van der Waals surface area contributed by atoms with Crippen LogP contribution in [0.5, 0.6) is 5.75 Å². The quantitative estimate of drug-likeness (QED) is 0.203. The standard InChI is InChI=1S/C30H27BrClN5O2/c1-39-24-15-5-19(6-16-24)27-25-4-2-3-17-36-30(25)37(26(35-36)18-33-22-11-7-20(31)8-12-22)28(27)29(38)34-23-13-9-21(32)10-14-23/h5-16,33H,2-4,17-18H2,1H3,(H,34,38). The highest BCUT2D eigenvalue weighted by Gasteiger charge is 2.30. The van der Waals surface area contributed by atoms with Gasteiger partial charge >= 0.3 is 0 Å². The van der Waals surface area contributed by atoms with Gasteiger partial charge in [-0.3, -0.25) is 9.20 Å². The normalized spacial score (nSPS) is 12.8. The maximum Gasteiger partial charge on any atom is 0.273 e. The fraction of sp³-hybridized carbons (Fsp3) is 0.200. The number of hydrogen-bond acceptors (Lipinski definition) is 4. The number of rotatable bonds is 7. The van der Waals surface area contributed by atoms with Crippen LogP contribution in [0.15, 0.2) is 77.3 Å². The minimum Gasteiger partial charge on any atom is -0.497 e. The summed E-state index contributed by atoms with van der Waals surface area (Å²) in [5.41, 5.74) is 6.24. The third-order valence-electron chi connectivity index (χ3n) is 7.02. The van der Waals surface area contributed by atoms with Crippen molar-refractivity contribution in [1.29, 1.82) is 0 Å². The number of halogens is 2. The van der Waals surface area contributed by atoms with Crippen molar-refractivity contribution >= 4 is 50.5 Å². The number of ether oxygens (including phenoxy) is 1. The predicted octanol–water partition coefficient (Wildman–Crippen LogP) is 7.43. The molecule has 1 aliphatic heterocycles. The highest BCUT2D eigenvalue weighted by Crippen LogP contribution is 2.38. The van der Waals surface area contributed by atoms with E-state index in [0.717, 1.165) is 69.9 Å². The van der Waals surface area contributed by atoms with Crippen molar-refractivity contribution in [1.82, 2.24) is 14.2 Å². The van der Waals surface area contributed by atoms with Gasteiger partial charge in [0.1, 0.15) is 17.1 Å². The van der Waals surface area contributed by atoms with Crippen molar-refractivity contribution < 1.29 is 9.53 Å². The molecule has 0 bridgehead atoms. The van der Waals surface area contributed by atoms with Crippen molar-refractivity contribution in [2.24, 2.45) is 0 Å². The molecule has 0 unspecified atom stereocenters. The van der Waals surface area contributed by atoms with E-state index in [1.54, 1.807) is 19.2 Å². The van der Waals surface area contributed by atoms with Gasteiger partial charge in [-0.05, 0) is 85.5 Å². The van der Waals surface area contributed by atoms with Crippen LogP contribution in [0.2, 0.25) is 5.02 Å². The summed E-state index contributed by atoms with van der Waals surface area (Å²) in [4.78, 5) is 14.1. The zero-order valence-electron chi connectivity index (χ0n) is 21.4. The van der Waals surface area contributed by atoms with Gasteiger partial charge in [-0.15, -0.1) is 0 Å². The number of aromatic nitrogens is 3. The van der Waals surface area contributed by atoms with Crippen molar-refractivity contribution in [3.8, 4) is 16.9 Å². The van der Waals surface area contributed by atoms with Crippen LogP contribution in [0, 0.1) is 0 Å². The molecule has 1 amide bonds. The highest BCUT2D eigenvalue weighted by molar-refractivity contribution is 9.10. The van der Waals surface area contributed by atoms with Crippen LogP contribution < -0.4 is 15.4 Å². The van der Waals surface area contributed by atoms with Crippen molar-refractivity contribution in [3.05, 3.63) is 99.4 Å². The Labute approximate surface area is 239 Å². The first-order valence-electron chi connectivity index (χ1n) is 12.9. The number of nitrogens with one attached hydrogen (secondary N) is 2. The van der Waals surface area contributed by atoms with E-state index in [1.165, 1.54) is 0 Å². The monoisotopic (exact) mass is 603 g/mol. The van der Waals surface area contributed by atoms with E-state index in [0.29, 0.717) is 22.9 Å². The summed E-state index contributed by atoms with van der Waals surface area (Å²) in [6.07, 6.45) is 2.92. The van der Waals surface area contributed by atoms with Crippen LogP contribution in [0.1, 0.15) is 34.7 Å². The number of carbonyl (C=O) groups is 1. The molecule has 5 aromatic rings. The Morgan fingerprint density at radius 1 is 1.00 bits per heavy atom. The zero-order chi connectivity index (χ0) is 26.9. The van der Waals surface area contributed by atoms with Gasteiger partial charge in [0.2, 0.25) is 0 Å². The molecule has 0 aliphatic carbocycles. The fourth-order valence-electron chi connectivity index (χ4n) is 5.19. The van der Waals surface area contributed by atoms with E-state index in [-0.39, 0.29) is 5.91 Å². The Morgan fingerprint density at radius 3 is 2.44 bits per heavy atom. The molecule has 3 aromatic carbocycles. The molecule has 1 aliphatic rings. The number of amides is 1. The molecule has 198 valence electrons. The molecule has 6 rings (SSSR count). The van der Waals surface area contributed by atoms with Gasteiger partial charge < -0.3 is 15.4 Å². The largest absolute Gasteiger partial charge is 0.497 e. The molecule has 7 nitrogen and oxygen atoms in total. The minimum absolute atomic E-state index is 0.200. The van der Waals surface area contributed by atoms with Gasteiger partial charge in [0, 0.05) is 38.5 Å². The second-order valence-electron chi connectivity index (χ2n) is 9.51. The summed E-state index contributed by atoms with van der Waals surface area (Å²) in [5.74, 6) is 1.35. The Balaban J connectivity index is 1.51. The van der Waals surface area contributed by atoms with E-state index in [9.17, 15) is 4.79 Å². The lowest BCUT2D eigenvalue weighted by Gasteiger charge is -2.12. The number of carbonyl (C=O) groups excluding carboxylic acids is 1. The molecule has 2 N–H and O–H groups in total. The lowest BCUT2D eigenvalue weighted by molar-refractivity contribution is 0.102. The number of benzene rings is 3. The van der Waals surface area contributed by atoms with E-state index < -0.39 is 0 Å². The maximum atomic E-state index is 14.1. The Morgan fingerprint density at radius 2 is 1.72 bits per heavy atom. The second-order valence-corrected chi connectivity index (χ2v) is 10.9. The van der Waals surface area contributed by atoms with Gasteiger partial charge in [-0.25, -0.2) is 4.68 Å². The summed E-state index contributed by atoms with van der Waals surface area (Å²) < 4.78 is 10.5. The molecule has 2 aromatic heterocycles. The first-order valence-corrected chi connectivity index (χ1v) is 14.0. The third kappa shape index (κ3) is 5.02. The van der Waals surface area contributed by atoms with Crippen molar-refractivity contribution in [3.63, 3.8) is 0 Å². The Bertz CT molecular complexity index is 1640. The molecular weight excluding hydrogens is 578 g/mol. The average molecular weight is 605 g/mol. The molecule has 0 saturated heterocycles. The van der Waals surface area contributed by atoms with Crippen LogP contribution >= 0.6 is 27.5 Å². The van der Waals surface area contributed by atoms with E-state index in [4.69, 9.17) is 21.4 Å². The average Bonchev–Trinajstić information content (AvgIpc) is 3.39. The third-order valence-corrected chi connectivity index (χ3v) is 7.80. The Hall–Kier alpha value is -3.75. The summed E-state index contributed by atoms with van der Waals surface area (Å²) in [6.45, 7) is 1.27. The molecule has 0 spiro atoms. The zero-order valence-corrected chi connectivity index (χ0v) is 23.7. The van der Waals surface area contributed by atoms with Crippen LogP contribution in [0.25, 0.3) is 16.8 Å². The molecule has 39 heavy (non-hydrogen) atoms. The SMILES string of the molecule is COc1ccc(-c2c3c4n(nc(CNc5ccc(Br)cc5)n4c2C(=O)Nc2ccc(Cl)cc2)CCCC3)cc1. The molecule has 0 fully saturated rings. The molecule has 0 radical (unpaired) electrons. The van der Waals surface area contributed by atoms with E-state index in [1.807, 2.05) is 65.1 Å². The maximum absolute atomic E-state index is 14.1. The van der Waals surface area contributed by atoms with Crippen LogP contribution in [-0.4, -0.2) is 27.2 Å². The smallest absolute Gasteiger partial charge is 0.273 e. The summed E-state index contributed by atoms with van der Waals surface area (Å²) in [7, 11) is 1.65. The second kappa shape index (κ2) is 10.8. The predicted molar refractivity (Wildman–Crippen MR) is 159 cm³/mol. The minimum atomic E-state index is -0.200. The summed E-state index contributed by atoms with van der Waals surface area (Å²) >= 11 is 9.58. The lowest BCUT2D eigenvalue weighted by atomic mass is 9.97. The fourth-order valence-corrected chi connectivity index (χ4v) is 5.58.